The Hall–Kier alpha value is 0.140. The van der Waals surface area contributed by atoms with Crippen LogP contribution in [0.25, 0.3) is 0 Å². The summed E-state index contributed by atoms with van der Waals surface area (Å²) in [6.07, 6.45) is 0. The molecule has 1 unspecified atom stereocenters. The molecule has 0 fully saturated rings. The molecular formula is C9H19BrN2. The van der Waals surface area contributed by atoms with Crippen molar-refractivity contribution in [2.24, 2.45) is 17.6 Å². The van der Waals surface area contributed by atoms with E-state index in [1.165, 1.54) is 0 Å². The highest BCUT2D eigenvalue weighted by Gasteiger charge is 2.09. The van der Waals surface area contributed by atoms with Gasteiger partial charge in [0.1, 0.15) is 0 Å². The van der Waals surface area contributed by atoms with Crippen LogP contribution in [0.2, 0.25) is 0 Å². The molecule has 0 aromatic heterocycles. The van der Waals surface area contributed by atoms with Crippen LogP contribution in [0.3, 0.4) is 0 Å². The van der Waals surface area contributed by atoms with Crippen LogP contribution in [-0.2, 0) is 0 Å². The van der Waals surface area contributed by atoms with Crippen molar-refractivity contribution in [3.63, 3.8) is 0 Å². The summed E-state index contributed by atoms with van der Waals surface area (Å²) in [6, 6.07) is 0. The molecule has 0 aliphatic rings. The van der Waals surface area contributed by atoms with Crippen molar-refractivity contribution in [2.75, 3.05) is 19.6 Å². The second kappa shape index (κ2) is 6.63. The van der Waals surface area contributed by atoms with Crippen molar-refractivity contribution >= 4 is 15.9 Å². The molecule has 0 aromatic rings. The number of hydrogen-bond donors (Lipinski definition) is 2. The summed E-state index contributed by atoms with van der Waals surface area (Å²) in [5.74, 6) is 1.21. The van der Waals surface area contributed by atoms with E-state index in [0.717, 1.165) is 24.1 Å². The van der Waals surface area contributed by atoms with Gasteiger partial charge in [0.15, 0.2) is 0 Å². The summed E-state index contributed by atoms with van der Waals surface area (Å²) in [4.78, 5) is 0. The van der Waals surface area contributed by atoms with Gasteiger partial charge in [-0.15, -0.1) is 0 Å². The highest BCUT2D eigenvalue weighted by atomic mass is 79.9. The Morgan fingerprint density at radius 3 is 2.50 bits per heavy atom. The zero-order valence-electron chi connectivity index (χ0n) is 7.94. The Morgan fingerprint density at radius 2 is 2.17 bits per heavy atom. The van der Waals surface area contributed by atoms with Gasteiger partial charge in [-0.2, -0.15) is 0 Å². The van der Waals surface area contributed by atoms with Gasteiger partial charge in [0, 0.05) is 11.0 Å². The first kappa shape index (κ1) is 12.1. The first-order valence-corrected chi connectivity index (χ1v) is 5.11. The average Bonchev–Trinajstić information content (AvgIpc) is 1.96. The van der Waals surface area contributed by atoms with Gasteiger partial charge in [-0.3, -0.25) is 0 Å². The van der Waals surface area contributed by atoms with E-state index in [1.807, 2.05) is 0 Å². The topological polar surface area (TPSA) is 38.0 Å². The van der Waals surface area contributed by atoms with E-state index < -0.39 is 0 Å². The molecule has 0 rings (SSSR count). The van der Waals surface area contributed by atoms with Crippen molar-refractivity contribution in [3.05, 3.63) is 11.1 Å². The van der Waals surface area contributed by atoms with E-state index >= 15 is 0 Å². The lowest BCUT2D eigenvalue weighted by molar-refractivity contribution is 0.377. The molecule has 3 heteroatoms. The Kier molecular flexibility index (Phi) is 6.71. The first-order chi connectivity index (χ1) is 5.57. The van der Waals surface area contributed by atoms with E-state index in [-0.39, 0.29) is 0 Å². The maximum absolute atomic E-state index is 5.62. The van der Waals surface area contributed by atoms with E-state index in [9.17, 15) is 0 Å². The smallest absolute Gasteiger partial charge is 0.0265 e. The van der Waals surface area contributed by atoms with Crippen LogP contribution in [0, 0.1) is 11.8 Å². The Morgan fingerprint density at radius 1 is 1.58 bits per heavy atom. The number of rotatable bonds is 6. The van der Waals surface area contributed by atoms with Gasteiger partial charge < -0.3 is 11.1 Å². The molecule has 0 spiro atoms. The van der Waals surface area contributed by atoms with Gasteiger partial charge in [0.2, 0.25) is 0 Å². The Bertz CT molecular complexity index is 134. The van der Waals surface area contributed by atoms with Crippen LogP contribution in [-0.4, -0.2) is 19.6 Å². The fourth-order valence-corrected chi connectivity index (χ4v) is 1.18. The van der Waals surface area contributed by atoms with Crippen molar-refractivity contribution < 1.29 is 0 Å². The second-order valence-electron chi connectivity index (χ2n) is 3.39. The third-order valence-electron chi connectivity index (χ3n) is 1.97. The fraction of sp³-hybridized carbons (Fsp3) is 0.778. The predicted molar refractivity (Wildman–Crippen MR) is 58.3 cm³/mol. The van der Waals surface area contributed by atoms with Crippen molar-refractivity contribution in [1.82, 2.24) is 5.32 Å². The predicted octanol–water partition coefficient (Wildman–Crippen LogP) is 1.72. The second-order valence-corrected chi connectivity index (χ2v) is 4.51. The summed E-state index contributed by atoms with van der Waals surface area (Å²) in [5.41, 5.74) is 5.62. The molecule has 0 saturated heterocycles. The standard InChI is InChI=1S/C9H19BrN2/c1-7(2)9(4-11)6-12-5-8(3)10/h7,9,12H,3-6,11H2,1-2H3. The molecule has 0 saturated carbocycles. The van der Waals surface area contributed by atoms with E-state index in [4.69, 9.17) is 5.73 Å². The van der Waals surface area contributed by atoms with Crippen LogP contribution in [0.5, 0.6) is 0 Å². The minimum absolute atomic E-state index is 0.567. The monoisotopic (exact) mass is 234 g/mol. The minimum Gasteiger partial charge on any atom is -0.330 e. The molecular weight excluding hydrogens is 216 g/mol. The lowest BCUT2D eigenvalue weighted by Crippen LogP contribution is -2.32. The Labute approximate surface area is 83.7 Å². The summed E-state index contributed by atoms with van der Waals surface area (Å²) in [7, 11) is 0. The minimum atomic E-state index is 0.567. The number of nitrogens with one attached hydrogen (secondary N) is 1. The molecule has 0 bridgehead atoms. The molecule has 12 heavy (non-hydrogen) atoms. The van der Waals surface area contributed by atoms with Crippen LogP contribution < -0.4 is 11.1 Å². The zero-order chi connectivity index (χ0) is 9.56. The van der Waals surface area contributed by atoms with Gasteiger partial charge in [-0.1, -0.05) is 36.4 Å². The quantitative estimate of drug-likeness (QED) is 0.735. The summed E-state index contributed by atoms with van der Waals surface area (Å²) in [5, 5.41) is 3.29. The maximum Gasteiger partial charge on any atom is 0.0265 e. The number of halogens is 1. The lowest BCUT2D eigenvalue weighted by atomic mass is 9.96. The molecule has 0 aliphatic heterocycles. The molecule has 0 radical (unpaired) electrons. The SMILES string of the molecule is C=C(Br)CNCC(CN)C(C)C. The van der Waals surface area contributed by atoms with Crippen LogP contribution in [0.4, 0.5) is 0 Å². The molecule has 0 amide bonds. The summed E-state index contributed by atoms with van der Waals surface area (Å²) >= 11 is 3.30. The van der Waals surface area contributed by atoms with Crippen LogP contribution >= 0.6 is 15.9 Å². The molecule has 2 nitrogen and oxygen atoms in total. The Balaban J connectivity index is 3.51. The van der Waals surface area contributed by atoms with Crippen LogP contribution in [0.15, 0.2) is 11.1 Å². The zero-order valence-corrected chi connectivity index (χ0v) is 9.52. The molecule has 72 valence electrons. The molecule has 0 aromatic carbocycles. The van der Waals surface area contributed by atoms with Crippen molar-refractivity contribution in [1.29, 1.82) is 0 Å². The number of hydrogen-bond acceptors (Lipinski definition) is 2. The van der Waals surface area contributed by atoms with Gasteiger partial charge in [-0.05, 0) is 24.9 Å². The average molecular weight is 235 g/mol. The number of nitrogens with two attached hydrogens (primary N) is 1. The fourth-order valence-electron chi connectivity index (χ4n) is 0.984. The molecule has 0 aliphatic carbocycles. The maximum atomic E-state index is 5.62. The normalized spacial score (nSPS) is 13.4. The first-order valence-electron chi connectivity index (χ1n) is 4.32. The van der Waals surface area contributed by atoms with Gasteiger partial charge >= 0.3 is 0 Å². The molecule has 0 heterocycles. The van der Waals surface area contributed by atoms with Gasteiger partial charge in [-0.25, -0.2) is 0 Å². The molecule has 3 N–H and O–H groups in total. The summed E-state index contributed by atoms with van der Waals surface area (Å²) < 4.78 is 0.988. The van der Waals surface area contributed by atoms with Crippen molar-refractivity contribution in [3.8, 4) is 0 Å². The van der Waals surface area contributed by atoms with E-state index in [1.54, 1.807) is 0 Å². The third-order valence-corrected chi connectivity index (χ3v) is 2.25. The largest absolute Gasteiger partial charge is 0.330 e. The van der Waals surface area contributed by atoms with Gasteiger partial charge in [0.05, 0.1) is 0 Å². The highest BCUT2D eigenvalue weighted by molar-refractivity contribution is 9.11. The van der Waals surface area contributed by atoms with E-state index in [0.29, 0.717) is 11.8 Å². The molecule has 1 atom stereocenters. The summed E-state index contributed by atoms with van der Waals surface area (Å²) in [6.45, 7) is 10.7. The third kappa shape index (κ3) is 5.75. The van der Waals surface area contributed by atoms with Crippen molar-refractivity contribution in [2.45, 2.75) is 13.8 Å². The lowest BCUT2D eigenvalue weighted by Gasteiger charge is -2.18. The van der Waals surface area contributed by atoms with E-state index in [2.05, 4.69) is 41.7 Å². The van der Waals surface area contributed by atoms with Crippen LogP contribution in [0.1, 0.15) is 13.8 Å². The van der Waals surface area contributed by atoms with Gasteiger partial charge in [0.25, 0.3) is 0 Å². The highest BCUT2D eigenvalue weighted by Crippen LogP contribution is 2.07.